The number of rotatable bonds is 9. The highest BCUT2D eigenvalue weighted by Gasteiger charge is 2.22. The summed E-state index contributed by atoms with van der Waals surface area (Å²) in [6, 6.07) is 10.3. The van der Waals surface area contributed by atoms with Gasteiger partial charge in [0.25, 0.3) is 0 Å². The summed E-state index contributed by atoms with van der Waals surface area (Å²) in [5.41, 5.74) is 2.97. The molecule has 3 N–H and O–H groups in total. The molecule has 1 unspecified atom stereocenters. The molecule has 3 heterocycles. The lowest BCUT2D eigenvalue weighted by molar-refractivity contribution is 0.0531. The number of hydrogen-bond donors (Lipinski definition) is 3. The second-order valence-corrected chi connectivity index (χ2v) is 9.69. The van der Waals surface area contributed by atoms with Crippen molar-refractivity contribution in [3.05, 3.63) is 52.0 Å². The van der Waals surface area contributed by atoms with Gasteiger partial charge in [0.15, 0.2) is 5.13 Å². The number of aliphatic hydroxyl groups is 1. The summed E-state index contributed by atoms with van der Waals surface area (Å²) in [6.07, 6.45) is 2.01. The first-order valence-corrected chi connectivity index (χ1v) is 12.7. The molecule has 186 valence electrons. The molecule has 1 aromatic carbocycles. The van der Waals surface area contributed by atoms with Gasteiger partial charge in [-0.05, 0) is 45.1 Å². The number of esters is 1. The zero-order valence-corrected chi connectivity index (χ0v) is 21.2. The van der Waals surface area contributed by atoms with Crippen LogP contribution in [0.2, 0.25) is 0 Å². The number of anilines is 4. The van der Waals surface area contributed by atoms with Crippen LogP contribution in [0.15, 0.2) is 30.3 Å². The molecule has 1 saturated heterocycles. The Labute approximate surface area is 209 Å². The fraction of sp³-hybridized carbons (Fsp3) is 0.440. The van der Waals surface area contributed by atoms with Crippen molar-refractivity contribution in [2.45, 2.75) is 40.2 Å². The van der Waals surface area contributed by atoms with E-state index in [1.165, 1.54) is 16.9 Å². The number of aryl methyl sites for hydroxylation is 2. The van der Waals surface area contributed by atoms with Crippen molar-refractivity contribution in [2.24, 2.45) is 5.92 Å². The number of aromatic nitrogens is 3. The van der Waals surface area contributed by atoms with E-state index in [0.29, 0.717) is 40.6 Å². The quantitative estimate of drug-likeness (QED) is 0.373. The van der Waals surface area contributed by atoms with E-state index < -0.39 is 0 Å². The molecule has 4 rings (SSSR count). The van der Waals surface area contributed by atoms with Crippen LogP contribution in [0.25, 0.3) is 0 Å². The zero-order valence-electron chi connectivity index (χ0n) is 20.4. The Kier molecular flexibility index (Phi) is 8.14. The Morgan fingerprint density at radius 3 is 2.77 bits per heavy atom. The van der Waals surface area contributed by atoms with Gasteiger partial charge in [0.2, 0.25) is 5.95 Å². The Morgan fingerprint density at radius 2 is 2.03 bits per heavy atom. The average Bonchev–Trinajstić information content (AvgIpc) is 3.23. The fourth-order valence-electron chi connectivity index (χ4n) is 4.00. The maximum atomic E-state index is 12.2. The predicted molar refractivity (Wildman–Crippen MR) is 139 cm³/mol. The lowest BCUT2D eigenvalue weighted by atomic mass is 9.99. The lowest BCUT2D eigenvalue weighted by Gasteiger charge is -2.33. The first kappa shape index (κ1) is 24.9. The van der Waals surface area contributed by atoms with Gasteiger partial charge in [-0.15, -0.1) is 0 Å². The third kappa shape index (κ3) is 6.46. The fourth-order valence-corrected chi connectivity index (χ4v) is 4.85. The SMILES string of the molecule is CCOC(=O)c1sc(Nc2nc(NCc3ccc(C)cc3)cc(N3CCCC(CO)C3)n2)nc1C. The van der Waals surface area contributed by atoms with Gasteiger partial charge in [-0.1, -0.05) is 41.2 Å². The van der Waals surface area contributed by atoms with Gasteiger partial charge < -0.3 is 20.1 Å². The number of thiazole rings is 1. The topological polar surface area (TPSA) is 112 Å². The van der Waals surface area contributed by atoms with E-state index in [1.54, 1.807) is 13.8 Å². The Morgan fingerprint density at radius 1 is 1.23 bits per heavy atom. The molecule has 0 aliphatic carbocycles. The summed E-state index contributed by atoms with van der Waals surface area (Å²) < 4.78 is 5.13. The number of ether oxygens (including phenoxy) is 1. The van der Waals surface area contributed by atoms with Crippen molar-refractivity contribution in [3.8, 4) is 0 Å². The molecule has 1 aliphatic heterocycles. The number of carbonyl (C=O) groups excluding carboxylic acids is 1. The van der Waals surface area contributed by atoms with Gasteiger partial charge in [0, 0.05) is 32.3 Å². The van der Waals surface area contributed by atoms with Gasteiger partial charge in [-0.25, -0.2) is 9.78 Å². The minimum absolute atomic E-state index is 0.167. The van der Waals surface area contributed by atoms with Crippen molar-refractivity contribution in [3.63, 3.8) is 0 Å². The van der Waals surface area contributed by atoms with Gasteiger partial charge in [-0.2, -0.15) is 9.97 Å². The summed E-state index contributed by atoms with van der Waals surface area (Å²) in [6.45, 7) is 8.34. The van der Waals surface area contributed by atoms with E-state index in [-0.39, 0.29) is 18.5 Å². The van der Waals surface area contributed by atoms with E-state index in [4.69, 9.17) is 9.72 Å². The number of aliphatic hydroxyl groups excluding tert-OH is 1. The molecule has 1 atom stereocenters. The zero-order chi connectivity index (χ0) is 24.8. The predicted octanol–water partition coefficient (Wildman–Crippen LogP) is 4.29. The van der Waals surface area contributed by atoms with E-state index in [1.807, 2.05) is 6.07 Å². The van der Waals surface area contributed by atoms with E-state index in [2.05, 4.69) is 56.7 Å². The molecule has 0 radical (unpaired) electrons. The second-order valence-electron chi connectivity index (χ2n) is 8.69. The molecule has 2 aromatic heterocycles. The number of nitrogens with one attached hydrogen (secondary N) is 2. The van der Waals surface area contributed by atoms with Crippen LogP contribution >= 0.6 is 11.3 Å². The Bertz CT molecular complexity index is 1150. The van der Waals surface area contributed by atoms with Crippen LogP contribution in [0.1, 0.15) is 46.3 Å². The minimum Gasteiger partial charge on any atom is -0.462 e. The molecule has 3 aromatic rings. The summed E-state index contributed by atoms with van der Waals surface area (Å²) in [5.74, 6) is 1.71. The molecule has 0 spiro atoms. The van der Waals surface area contributed by atoms with Crippen molar-refractivity contribution in [1.82, 2.24) is 15.0 Å². The monoisotopic (exact) mass is 496 g/mol. The van der Waals surface area contributed by atoms with Crippen LogP contribution < -0.4 is 15.5 Å². The van der Waals surface area contributed by atoms with Gasteiger partial charge in [0.1, 0.15) is 16.5 Å². The van der Waals surface area contributed by atoms with Crippen molar-refractivity contribution in [2.75, 3.05) is 41.8 Å². The van der Waals surface area contributed by atoms with Crippen LogP contribution in [0.4, 0.5) is 22.7 Å². The van der Waals surface area contributed by atoms with Crippen LogP contribution in [-0.4, -0.2) is 52.3 Å². The first-order chi connectivity index (χ1) is 16.9. The third-order valence-electron chi connectivity index (χ3n) is 5.88. The maximum Gasteiger partial charge on any atom is 0.350 e. The summed E-state index contributed by atoms with van der Waals surface area (Å²) in [5, 5.41) is 16.8. The molecule has 0 amide bonds. The minimum atomic E-state index is -0.381. The Hall–Kier alpha value is -3.24. The first-order valence-electron chi connectivity index (χ1n) is 11.9. The molecular weight excluding hydrogens is 464 g/mol. The van der Waals surface area contributed by atoms with Gasteiger partial charge in [-0.3, -0.25) is 5.32 Å². The molecule has 1 aliphatic rings. The van der Waals surface area contributed by atoms with Crippen molar-refractivity contribution >= 4 is 40.0 Å². The largest absolute Gasteiger partial charge is 0.462 e. The molecule has 1 fully saturated rings. The van der Waals surface area contributed by atoms with Crippen LogP contribution in [0, 0.1) is 19.8 Å². The third-order valence-corrected chi connectivity index (χ3v) is 6.94. The normalized spacial score (nSPS) is 15.7. The number of piperidine rings is 1. The maximum absolute atomic E-state index is 12.2. The van der Waals surface area contributed by atoms with Gasteiger partial charge in [0.05, 0.1) is 12.3 Å². The average molecular weight is 497 g/mol. The van der Waals surface area contributed by atoms with E-state index in [9.17, 15) is 9.90 Å². The molecule has 0 bridgehead atoms. The van der Waals surface area contributed by atoms with E-state index >= 15 is 0 Å². The Balaban J connectivity index is 1.58. The summed E-state index contributed by atoms with van der Waals surface area (Å²) in [7, 11) is 0. The highest BCUT2D eigenvalue weighted by atomic mass is 32.1. The second kappa shape index (κ2) is 11.5. The number of hydrogen-bond acceptors (Lipinski definition) is 10. The smallest absolute Gasteiger partial charge is 0.350 e. The lowest BCUT2D eigenvalue weighted by Crippen LogP contribution is -2.37. The van der Waals surface area contributed by atoms with E-state index in [0.717, 1.165) is 37.3 Å². The molecule has 35 heavy (non-hydrogen) atoms. The number of nitrogens with zero attached hydrogens (tertiary/aromatic N) is 4. The molecule has 10 heteroatoms. The molecule has 0 saturated carbocycles. The number of benzene rings is 1. The van der Waals surface area contributed by atoms with Crippen molar-refractivity contribution < 1.29 is 14.6 Å². The highest BCUT2D eigenvalue weighted by molar-refractivity contribution is 7.17. The van der Waals surface area contributed by atoms with Gasteiger partial charge >= 0.3 is 5.97 Å². The summed E-state index contributed by atoms with van der Waals surface area (Å²) in [4.78, 5) is 28.7. The standard InChI is InChI=1S/C25H32N6O3S/c1-4-34-23(33)22-17(3)27-25(35-22)30-24-28-20(26-13-18-9-7-16(2)8-10-18)12-21(29-24)31-11-5-6-19(14-31)15-32/h7-10,12,19,32H,4-6,11,13-15H2,1-3H3,(H2,26,27,28,29,30). The highest BCUT2D eigenvalue weighted by Crippen LogP contribution is 2.29. The number of carbonyl (C=O) groups is 1. The summed E-state index contributed by atoms with van der Waals surface area (Å²) >= 11 is 1.22. The van der Waals surface area contributed by atoms with Crippen LogP contribution in [0.5, 0.6) is 0 Å². The molecule has 9 nitrogen and oxygen atoms in total. The van der Waals surface area contributed by atoms with Crippen LogP contribution in [0.3, 0.4) is 0 Å². The van der Waals surface area contributed by atoms with Crippen LogP contribution in [-0.2, 0) is 11.3 Å². The molecular formula is C25H32N6O3S. The van der Waals surface area contributed by atoms with Crippen molar-refractivity contribution in [1.29, 1.82) is 0 Å².